The lowest BCUT2D eigenvalue weighted by atomic mass is 10.2. The second-order valence-electron chi connectivity index (χ2n) is 4.17. The van der Waals surface area contributed by atoms with Gasteiger partial charge in [0.2, 0.25) is 0 Å². The lowest BCUT2D eigenvalue weighted by Crippen LogP contribution is -2.34. The number of nitrogens with zero attached hydrogens (tertiary/aromatic N) is 1. The van der Waals surface area contributed by atoms with E-state index in [1.54, 1.807) is 12.1 Å². The van der Waals surface area contributed by atoms with Crippen LogP contribution in [0.15, 0.2) is 24.3 Å². The number of rotatable bonds is 3. The normalized spacial score (nSPS) is 22.1. The monoisotopic (exact) mass is 206 g/mol. The highest BCUT2D eigenvalue weighted by Gasteiger charge is 2.22. The van der Waals surface area contributed by atoms with Crippen LogP contribution < -0.4 is 5.73 Å². The molecule has 3 nitrogen and oxygen atoms in total. The minimum atomic E-state index is 0.329. The lowest BCUT2D eigenvalue weighted by molar-refractivity contribution is 0.250. The van der Waals surface area contributed by atoms with Crippen LogP contribution in [0.5, 0.6) is 5.75 Å². The third-order valence-electron chi connectivity index (χ3n) is 3.09. The van der Waals surface area contributed by atoms with E-state index in [0.29, 0.717) is 11.8 Å². The predicted octanol–water partition coefficient (Wildman–Crippen LogP) is 1.32. The van der Waals surface area contributed by atoms with Crippen LogP contribution in [0.4, 0.5) is 0 Å². The number of likely N-dealkylation sites (tertiary alicyclic amines) is 1. The molecule has 1 unspecified atom stereocenters. The van der Waals surface area contributed by atoms with E-state index in [-0.39, 0.29) is 0 Å². The van der Waals surface area contributed by atoms with E-state index in [9.17, 15) is 5.11 Å². The summed E-state index contributed by atoms with van der Waals surface area (Å²) in [7, 11) is 0. The smallest absolute Gasteiger partial charge is 0.115 e. The van der Waals surface area contributed by atoms with E-state index in [1.807, 2.05) is 12.1 Å². The van der Waals surface area contributed by atoms with E-state index in [0.717, 1.165) is 19.6 Å². The fraction of sp³-hybridized carbons (Fsp3) is 0.500. The zero-order valence-corrected chi connectivity index (χ0v) is 8.89. The summed E-state index contributed by atoms with van der Waals surface area (Å²) in [6.07, 6.45) is 2.47. The first-order valence-corrected chi connectivity index (χ1v) is 5.51. The van der Waals surface area contributed by atoms with Gasteiger partial charge in [-0.3, -0.25) is 4.90 Å². The maximum atomic E-state index is 9.18. The van der Waals surface area contributed by atoms with Crippen molar-refractivity contribution in [2.24, 2.45) is 5.73 Å². The molecule has 0 saturated carbocycles. The van der Waals surface area contributed by atoms with Gasteiger partial charge in [-0.25, -0.2) is 0 Å². The molecule has 1 aliphatic rings. The van der Waals surface area contributed by atoms with E-state index < -0.39 is 0 Å². The topological polar surface area (TPSA) is 49.5 Å². The number of benzene rings is 1. The van der Waals surface area contributed by atoms with Crippen molar-refractivity contribution >= 4 is 0 Å². The van der Waals surface area contributed by atoms with Crippen LogP contribution >= 0.6 is 0 Å². The average molecular weight is 206 g/mol. The van der Waals surface area contributed by atoms with E-state index in [1.165, 1.54) is 18.4 Å². The molecular formula is C12H18N2O. The van der Waals surface area contributed by atoms with Crippen LogP contribution in [0.3, 0.4) is 0 Å². The van der Waals surface area contributed by atoms with E-state index >= 15 is 0 Å². The Morgan fingerprint density at radius 3 is 2.73 bits per heavy atom. The van der Waals surface area contributed by atoms with Gasteiger partial charge in [0.1, 0.15) is 5.75 Å². The molecule has 3 N–H and O–H groups in total. The maximum Gasteiger partial charge on any atom is 0.115 e. The fourth-order valence-electron chi connectivity index (χ4n) is 2.21. The second kappa shape index (κ2) is 4.64. The molecule has 82 valence electrons. The molecule has 0 aromatic heterocycles. The number of hydrogen-bond donors (Lipinski definition) is 2. The molecule has 1 heterocycles. The maximum absolute atomic E-state index is 9.18. The second-order valence-corrected chi connectivity index (χ2v) is 4.17. The van der Waals surface area contributed by atoms with E-state index in [4.69, 9.17) is 5.73 Å². The number of phenols is 1. The molecule has 2 rings (SSSR count). The summed E-state index contributed by atoms with van der Waals surface area (Å²) in [6, 6.07) is 7.97. The molecule has 1 aliphatic heterocycles. The van der Waals surface area contributed by atoms with Gasteiger partial charge >= 0.3 is 0 Å². The van der Waals surface area contributed by atoms with Gasteiger partial charge in [0, 0.05) is 19.1 Å². The van der Waals surface area contributed by atoms with Crippen molar-refractivity contribution < 1.29 is 5.11 Å². The van der Waals surface area contributed by atoms with Crippen LogP contribution in [-0.2, 0) is 6.54 Å². The van der Waals surface area contributed by atoms with Gasteiger partial charge in [0.15, 0.2) is 0 Å². The Balaban J connectivity index is 1.99. The van der Waals surface area contributed by atoms with Crippen molar-refractivity contribution in [1.82, 2.24) is 4.90 Å². The van der Waals surface area contributed by atoms with Crippen LogP contribution in [0.25, 0.3) is 0 Å². The quantitative estimate of drug-likeness (QED) is 0.784. The number of phenolic OH excluding ortho intramolecular Hbond substituents is 1. The lowest BCUT2D eigenvalue weighted by Gasteiger charge is -2.23. The molecule has 1 fully saturated rings. The molecule has 0 spiro atoms. The van der Waals surface area contributed by atoms with Gasteiger partial charge in [-0.2, -0.15) is 0 Å². The van der Waals surface area contributed by atoms with Crippen molar-refractivity contribution in [2.75, 3.05) is 13.1 Å². The summed E-state index contributed by atoms with van der Waals surface area (Å²) in [6.45, 7) is 2.84. The first kappa shape index (κ1) is 10.5. The van der Waals surface area contributed by atoms with Gasteiger partial charge in [0.05, 0.1) is 0 Å². The van der Waals surface area contributed by atoms with Crippen molar-refractivity contribution in [1.29, 1.82) is 0 Å². The highest BCUT2D eigenvalue weighted by molar-refractivity contribution is 5.25. The Labute approximate surface area is 90.5 Å². The van der Waals surface area contributed by atoms with E-state index in [2.05, 4.69) is 4.90 Å². The Morgan fingerprint density at radius 1 is 1.33 bits per heavy atom. The minimum Gasteiger partial charge on any atom is -0.508 e. The molecule has 3 heteroatoms. The molecule has 1 aromatic carbocycles. The van der Waals surface area contributed by atoms with Gasteiger partial charge in [-0.05, 0) is 37.1 Å². The SMILES string of the molecule is NCC1CCCN1Cc1ccc(O)cc1. The van der Waals surface area contributed by atoms with Crippen LogP contribution in [0.1, 0.15) is 18.4 Å². The summed E-state index contributed by atoms with van der Waals surface area (Å²) in [5.41, 5.74) is 6.96. The Morgan fingerprint density at radius 2 is 2.07 bits per heavy atom. The standard InChI is InChI=1S/C12H18N2O/c13-8-11-2-1-7-14(11)9-10-3-5-12(15)6-4-10/h3-6,11,15H,1-2,7-9,13H2. The summed E-state index contributed by atoms with van der Waals surface area (Å²) in [4.78, 5) is 2.42. The van der Waals surface area contributed by atoms with Crippen LogP contribution in [0, 0.1) is 0 Å². The zero-order valence-electron chi connectivity index (χ0n) is 8.89. The highest BCUT2D eigenvalue weighted by atomic mass is 16.3. The summed E-state index contributed by atoms with van der Waals surface area (Å²) < 4.78 is 0. The largest absolute Gasteiger partial charge is 0.508 e. The molecule has 0 radical (unpaired) electrons. The number of hydrogen-bond acceptors (Lipinski definition) is 3. The summed E-state index contributed by atoms with van der Waals surface area (Å²) >= 11 is 0. The molecule has 15 heavy (non-hydrogen) atoms. The minimum absolute atomic E-state index is 0.329. The molecule has 1 saturated heterocycles. The van der Waals surface area contributed by atoms with Crippen molar-refractivity contribution in [3.05, 3.63) is 29.8 Å². The van der Waals surface area contributed by atoms with Crippen molar-refractivity contribution in [2.45, 2.75) is 25.4 Å². The molecule has 0 aliphatic carbocycles. The van der Waals surface area contributed by atoms with Crippen molar-refractivity contribution in [3.63, 3.8) is 0 Å². The third kappa shape index (κ3) is 2.49. The molecule has 1 aromatic rings. The van der Waals surface area contributed by atoms with Gasteiger partial charge in [-0.15, -0.1) is 0 Å². The van der Waals surface area contributed by atoms with Gasteiger partial charge in [-0.1, -0.05) is 12.1 Å². The summed E-state index contributed by atoms with van der Waals surface area (Å²) in [5, 5.41) is 9.18. The average Bonchev–Trinajstić information content (AvgIpc) is 2.69. The fourth-order valence-corrected chi connectivity index (χ4v) is 2.21. The van der Waals surface area contributed by atoms with Crippen LogP contribution in [0.2, 0.25) is 0 Å². The Kier molecular flexibility index (Phi) is 3.23. The van der Waals surface area contributed by atoms with Gasteiger partial charge < -0.3 is 10.8 Å². The molecule has 1 atom stereocenters. The molecule has 0 bridgehead atoms. The number of nitrogens with two attached hydrogens (primary N) is 1. The highest BCUT2D eigenvalue weighted by Crippen LogP contribution is 2.20. The number of aromatic hydroxyl groups is 1. The van der Waals surface area contributed by atoms with Crippen LogP contribution in [-0.4, -0.2) is 29.1 Å². The first-order valence-electron chi connectivity index (χ1n) is 5.51. The van der Waals surface area contributed by atoms with Gasteiger partial charge in [0.25, 0.3) is 0 Å². The predicted molar refractivity (Wildman–Crippen MR) is 60.6 cm³/mol. The summed E-state index contributed by atoms with van der Waals surface area (Å²) in [5.74, 6) is 0.329. The Bertz CT molecular complexity index is 310. The third-order valence-corrected chi connectivity index (χ3v) is 3.09. The molecule has 0 amide bonds. The first-order chi connectivity index (χ1) is 7.29. The zero-order chi connectivity index (χ0) is 10.7. The van der Waals surface area contributed by atoms with Crippen molar-refractivity contribution in [3.8, 4) is 5.75 Å². The Hall–Kier alpha value is -1.06. The molecular weight excluding hydrogens is 188 g/mol.